The fourth-order valence-electron chi connectivity index (χ4n) is 1.90. The van der Waals surface area contributed by atoms with Crippen molar-refractivity contribution in [1.29, 1.82) is 5.41 Å². The summed E-state index contributed by atoms with van der Waals surface area (Å²) in [4.78, 5) is 0.747. The molecule has 6 heteroatoms. The van der Waals surface area contributed by atoms with Crippen LogP contribution in [0.4, 0.5) is 0 Å². The maximum Gasteiger partial charge on any atom is 0.181 e. The maximum atomic E-state index is 8.02. The molecule has 2 aromatic rings. The van der Waals surface area contributed by atoms with Crippen LogP contribution in [0.25, 0.3) is 11.8 Å². The quantitative estimate of drug-likeness (QED) is 0.613. The third-order valence-electron chi connectivity index (χ3n) is 3.03. The first-order chi connectivity index (χ1) is 10.7. The number of thioether (sulfide) groups is 1. The van der Waals surface area contributed by atoms with Gasteiger partial charge in [0, 0.05) is 16.0 Å². The predicted molar refractivity (Wildman–Crippen MR) is 104 cm³/mol. The van der Waals surface area contributed by atoms with E-state index in [9.17, 15) is 0 Å². The normalized spacial score (nSPS) is 15.8. The van der Waals surface area contributed by atoms with Gasteiger partial charge in [0.05, 0.1) is 10.6 Å². The fraction of sp³-hybridized carbons (Fsp3) is 0. The van der Waals surface area contributed by atoms with E-state index < -0.39 is 0 Å². The van der Waals surface area contributed by atoms with Gasteiger partial charge in [0.1, 0.15) is 0 Å². The molecule has 0 amide bonds. The van der Waals surface area contributed by atoms with Crippen molar-refractivity contribution in [3.8, 4) is 0 Å². The number of azo groups is 1. The Kier molecular flexibility index (Phi) is 6.33. The molecule has 0 aliphatic carbocycles. The van der Waals surface area contributed by atoms with Crippen LogP contribution >= 0.6 is 40.3 Å². The Balaban J connectivity index is 0.00000192. The maximum absolute atomic E-state index is 8.02. The van der Waals surface area contributed by atoms with Crippen LogP contribution in [0.3, 0.4) is 0 Å². The lowest BCUT2D eigenvalue weighted by molar-refractivity contribution is 1.26. The second-order valence-electron chi connectivity index (χ2n) is 4.60. The molecule has 1 heterocycles. The van der Waals surface area contributed by atoms with Gasteiger partial charge in [0.25, 0.3) is 0 Å². The molecule has 23 heavy (non-hydrogen) atoms. The summed E-state index contributed by atoms with van der Waals surface area (Å²) >= 11 is 7.33. The fourth-order valence-corrected chi connectivity index (χ4v) is 2.80. The monoisotopic (exact) mass is 405 g/mol. The zero-order valence-electron chi connectivity index (χ0n) is 11.9. The molecule has 0 saturated carbocycles. The molecule has 3 nitrogen and oxygen atoms in total. The van der Waals surface area contributed by atoms with Crippen molar-refractivity contribution in [1.82, 2.24) is 0 Å². The van der Waals surface area contributed by atoms with Gasteiger partial charge in [-0.1, -0.05) is 65.8 Å². The van der Waals surface area contributed by atoms with Crippen LogP contribution in [-0.4, -0.2) is 5.84 Å². The van der Waals surface area contributed by atoms with Crippen LogP contribution in [0.1, 0.15) is 11.1 Å². The minimum Gasteiger partial charge on any atom is -0.280 e. The summed E-state index contributed by atoms with van der Waals surface area (Å²) in [6.45, 7) is 0. The second kappa shape index (κ2) is 8.24. The molecule has 1 aliphatic heterocycles. The molecule has 0 bridgehead atoms. The highest BCUT2D eigenvalue weighted by Gasteiger charge is 2.11. The molecular weight excluding hydrogens is 394 g/mol. The summed E-state index contributed by atoms with van der Waals surface area (Å²) < 4.78 is 0. The number of hydrogen-bond donors (Lipinski definition) is 1. The predicted octanol–water partition coefficient (Wildman–Crippen LogP) is 6.43. The van der Waals surface area contributed by atoms with Gasteiger partial charge in [-0.05, 0) is 23.8 Å². The summed E-state index contributed by atoms with van der Waals surface area (Å²) in [5.41, 5.74) is 2.72. The van der Waals surface area contributed by atoms with E-state index in [-0.39, 0.29) is 22.8 Å². The van der Waals surface area contributed by atoms with Crippen molar-refractivity contribution < 1.29 is 0 Å². The molecular formula is C17H13BrClN3S. The summed E-state index contributed by atoms with van der Waals surface area (Å²) in [7, 11) is 0. The Morgan fingerprint density at radius 3 is 2.35 bits per heavy atom. The smallest absolute Gasteiger partial charge is 0.181 e. The molecule has 0 atom stereocenters. The Hall–Kier alpha value is -1.69. The molecule has 0 unspecified atom stereocenters. The van der Waals surface area contributed by atoms with E-state index in [1.54, 1.807) is 0 Å². The van der Waals surface area contributed by atoms with Crippen molar-refractivity contribution in [2.45, 2.75) is 0 Å². The Bertz CT molecular complexity index is 783. The Morgan fingerprint density at radius 1 is 0.957 bits per heavy atom. The molecule has 1 N–H and O–H groups in total. The van der Waals surface area contributed by atoms with Crippen LogP contribution in [0.2, 0.25) is 5.02 Å². The molecule has 0 saturated heterocycles. The van der Waals surface area contributed by atoms with E-state index in [4.69, 9.17) is 17.0 Å². The summed E-state index contributed by atoms with van der Waals surface area (Å²) in [5, 5.41) is 18.8. The van der Waals surface area contributed by atoms with Crippen molar-refractivity contribution >= 4 is 58.0 Å². The zero-order chi connectivity index (χ0) is 15.4. The van der Waals surface area contributed by atoms with Crippen molar-refractivity contribution in [3.05, 3.63) is 81.1 Å². The van der Waals surface area contributed by atoms with E-state index in [1.807, 2.05) is 66.1 Å². The number of benzene rings is 2. The first-order valence-corrected chi connectivity index (χ1v) is 7.88. The highest BCUT2D eigenvalue weighted by molar-refractivity contribution is 8.93. The number of nitrogens with one attached hydrogen (secondary N) is 1. The minimum atomic E-state index is 0. The third-order valence-corrected chi connectivity index (χ3v) is 4.18. The van der Waals surface area contributed by atoms with Crippen LogP contribution in [-0.2, 0) is 0 Å². The standard InChI is InChI=1S/C17H12ClN3S.BrH/c18-14-8-6-12(7-9-14)10-16-17(19)21-20-15(11-22-16)13-4-2-1-3-5-13;/h1-11,19H;1H/b16-10-,19-17?;. The van der Waals surface area contributed by atoms with Gasteiger partial charge in [-0.25, -0.2) is 0 Å². The van der Waals surface area contributed by atoms with Crippen molar-refractivity contribution in [2.24, 2.45) is 10.2 Å². The average molecular weight is 407 g/mol. The van der Waals surface area contributed by atoms with E-state index in [0.717, 1.165) is 21.7 Å². The zero-order valence-corrected chi connectivity index (χ0v) is 15.2. The van der Waals surface area contributed by atoms with E-state index in [2.05, 4.69) is 10.2 Å². The SMILES string of the molecule is Br.N=C1N=NC(c2ccccc2)=CS/C1=C\c1ccc(Cl)cc1. The highest BCUT2D eigenvalue weighted by atomic mass is 79.9. The molecule has 0 radical (unpaired) electrons. The van der Waals surface area contributed by atoms with Crippen LogP contribution in [0, 0.1) is 5.41 Å². The molecule has 1 aliphatic rings. The number of halogens is 2. The Morgan fingerprint density at radius 2 is 1.65 bits per heavy atom. The first kappa shape index (κ1) is 17.7. The van der Waals surface area contributed by atoms with Gasteiger partial charge in [0.2, 0.25) is 0 Å². The second-order valence-corrected chi connectivity index (χ2v) is 5.94. The van der Waals surface area contributed by atoms with Gasteiger partial charge in [-0.2, -0.15) is 0 Å². The van der Waals surface area contributed by atoms with Crippen molar-refractivity contribution in [2.75, 3.05) is 0 Å². The average Bonchev–Trinajstić information content (AvgIpc) is 2.73. The van der Waals surface area contributed by atoms with Gasteiger partial charge >= 0.3 is 0 Å². The van der Waals surface area contributed by atoms with Crippen LogP contribution < -0.4 is 0 Å². The summed E-state index contributed by atoms with van der Waals surface area (Å²) in [6, 6.07) is 17.3. The van der Waals surface area contributed by atoms with Crippen LogP contribution in [0.15, 0.2) is 75.1 Å². The lowest BCUT2D eigenvalue weighted by Crippen LogP contribution is -1.91. The lowest BCUT2D eigenvalue weighted by Gasteiger charge is -2.00. The van der Waals surface area contributed by atoms with Gasteiger partial charge in [-0.3, -0.25) is 5.41 Å². The molecule has 3 rings (SSSR count). The molecule has 0 spiro atoms. The molecule has 0 aromatic heterocycles. The lowest BCUT2D eigenvalue weighted by atomic mass is 10.2. The molecule has 0 fully saturated rings. The number of hydrogen-bond acceptors (Lipinski definition) is 3. The number of amidine groups is 1. The largest absolute Gasteiger partial charge is 0.280 e. The topological polar surface area (TPSA) is 48.6 Å². The minimum absolute atomic E-state index is 0. The first-order valence-electron chi connectivity index (χ1n) is 6.62. The number of nitrogens with zero attached hydrogens (tertiary/aromatic N) is 2. The summed E-state index contributed by atoms with van der Waals surface area (Å²) in [5.74, 6) is 0.155. The van der Waals surface area contributed by atoms with E-state index in [1.165, 1.54) is 11.8 Å². The number of rotatable bonds is 2. The third kappa shape index (κ3) is 4.64. The van der Waals surface area contributed by atoms with E-state index in [0.29, 0.717) is 5.02 Å². The Labute approximate surface area is 154 Å². The molecule has 2 aromatic carbocycles. The van der Waals surface area contributed by atoms with Crippen molar-refractivity contribution in [3.63, 3.8) is 0 Å². The van der Waals surface area contributed by atoms with Gasteiger partial charge in [0.15, 0.2) is 5.84 Å². The summed E-state index contributed by atoms with van der Waals surface area (Å²) in [6.07, 6.45) is 1.91. The van der Waals surface area contributed by atoms with Crippen LogP contribution in [0.5, 0.6) is 0 Å². The van der Waals surface area contributed by atoms with Gasteiger partial charge in [-0.15, -0.1) is 27.2 Å². The van der Waals surface area contributed by atoms with E-state index >= 15 is 0 Å². The highest BCUT2D eigenvalue weighted by Crippen LogP contribution is 2.31. The van der Waals surface area contributed by atoms with Gasteiger partial charge < -0.3 is 0 Å². The molecule has 116 valence electrons.